The first-order chi connectivity index (χ1) is 13.1. The summed E-state index contributed by atoms with van der Waals surface area (Å²) in [5.41, 5.74) is 4.64. The lowest BCUT2D eigenvalue weighted by atomic mass is 10.1. The summed E-state index contributed by atoms with van der Waals surface area (Å²) >= 11 is 0. The van der Waals surface area contributed by atoms with Crippen LogP contribution in [0.2, 0.25) is 0 Å². The third-order valence-electron chi connectivity index (χ3n) is 5.49. The molecule has 146 valence electrons. The minimum absolute atomic E-state index is 0.0639. The zero-order valence-corrected chi connectivity index (χ0v) is 16.7. The summed E-state index contributed by atoms with van der Waals surface area (Å²) in [5.74, 6) is 0.0639. The first kappa shape index (κ1) is 19.5. The Kier molecular flexibility index (Phi) is 6.61. The van der Waals surface area contributed by atoms with Crippen LogP contribution in [0, 0.1) is 13.8 Å². The molecule has 1 fully saturated rings. The molecule has 1 N–H and O–H groups in total. The average molecular weight is 370 g/mol. The molecule has 6 nitrogen and oxygen atoms in total. The Balaban J connectivity index is 1.50. The summed E-state index contributed by atoms with van der Waals surface area (Å²) in [6.45, 7) is 9.50. The Morgan fingerprint density at radius 2 is 2.15 bits per heavy atom. The van der Waals surface area contributed by atoms with E-state index in [2.05, 4.69) is 33.3 Å². The number of nitrogens with one attached hydrogen (secondary N) is 1. The smallest absolute Gasteiger partial charge is 0.241 e. The number of nitrogens with zero attached hydrogens (tertiary/aromatic N) is 4. The number of likely N-dealkylation sites (tertiary alicyclic amines) is 1. The predicted octanol–water partition coefficient (Wildman–Crippen LogP) is 2.63. The molecule has 1 amide bonds. The zero-order chi connectivity index (χ0) is 19.2. The van der Waals surface area contributed by atoms with Gasteiger partial charge in [0.2, 0.25) is 5.91 Å². The quantitative estimate of drug-likeness (QED) is 0.850. The monoisotopic (exact) mass is 369 g/mol. The maximum atomic E-state index is 12.5. The fraction of sp³-hybridized carbons (Fsp3) is 0.571. The third-order valence-corrected chi connectivity index (χ3v) is 5.49. The first-order valence-corrected chi connectivity index (χ1v) is 10.00. The lowest BCUT2D eigenvalue weighted by molar-refractivity contribution is -0.122. The van der Waals surface area contributed by atoms with Gasteiger partial charge in [0.15, 0.2) is 0 Å². The van der Waals surface area contributed by atoms with Crippen LogP contribution in [0.1, 0.15) is 48.7 Å². The minimum Gasteiger partial charge on any atom is -0.352 e. The summed E-state index contributed by atoms with van der Waals surface area (Å²) in [4.78, 5) is 19.2. The number of amides is 1. The molecule has 3 heterocycles. The van der Waals surface area contributed by atoms with Crippen LogP contribution < -0.4 is 5.32 Å². The Morgan fingerprint density at radius 1 is 1.30 bits per heavy atom. The molecule has 2 aromatic rings. The Bertz CT molecular complexity index is 755. The van der Waals surface area contributed by atoms with Crippen LogP contribution in [-0.2, 0) is 24.3 Å². The van der Waals surface area contributed by atoms with Gasteiger partial charge < -0.3 is 5.32 Å². The largest absolute Gasteiger partial charge is 0.352 e. The molecule has 1 atom stereocenters. The van der Waals surface area contributed by atoms with Crippen molar-refractivity contribution in [3.05, 3.63) is 47.0 Å². The van der Waals surface area contributed by atoms with Crippen molar-refractivity contribution in [3.8, 4) is 0 Å². The number of carbonyl (C=O) groups excluding carboxylic acids is 1. The SMILES string of the molecule is CCc1c(C)nn(CC(=O)N[C@H]2CCCN(Cc3cccnc3)CC2)c1C. The highest BCUT2D eigenvalue weighted by Gasteiger charge is 2.20. The van der Waals surface area contributed by atoms with E-state index < -0.39 is 0 Å². The van der Waals surface area contributed by atoms with Gasteiger partial charge in [0, 0.05) is 37.2 Å². The molecule has 27 heavy (non-hydrogen) atoms. The number of hydrogen-bond acceptors (Lipinski definition) is 4. The van der Waals surface area contributed by atoms with Gasteiger partial charge in [-0.1, -0.05) is 13.0 Å². The highest BCUT2D eigenvalue weighted by Crippen LogP contribution is 2.15. The molecule has 6 heteroatoms. The molecule has 1 aliphatic rings. The number of hydrogen-bond donors (Lipinski definition) is 1. The molecule has 2 aromatic heterocycles. The number of carbonyl (C=O) groups is 1. The Hall–Kier alpha value is -2.21. The van der Waals surface area contributed by atoms with Gasteiger partial charge in [-0.25, -0.2) is 0 Å². The zero-order valence-electron chi connectivity index (χ0n) is 16.7. The first-order valence-electron chi connectivity index (χ1n) is 10.00. The molecule has 1 saturated heterocycles. The second-order valence-corrected chi connectivity index (χ2v) is 7.49. The van der Waals surface area contributed by atoms with E-state index in [1.54, 1.807) is 0 Å². The van der Waals surface area contributed by atoms with Gasteiger partial charge in [-0.05, 0) is 63.3 Å². The lowest BCUT2D eigenvalue weighted by Gasteiger charge is -2.20. The predicted molar refractivity (Wildman–Crippen MR) is 106 cm³/mol. The van der Waals surface area contributed by atoms with Gasteiger partial charge in [-0.15, -0.1) is 0 Å². The minimum atomic E-state index is 0.0639. The van der Waals surface area contributed by atoms with Crippen LogP contribution in [0.5, 0.6) is 0 Å². The van der Waals surface area contributed by atoms with Crippen LogP contribution in [-0.4, -0.2) is 44.7 Å². The lowest BCUT2D eigenvalue weighted by Crippen LogP contribution is -2.38. The Morgan fingerprint density at radius 3 is 2.85 bits per heavy atom. The molecular weight excluding hydrogens is 338 g/mol. The molecule has 1 aliphatic heterocycles. The van der Waals surface area contributed by atoms with Gasteiger partial charge in [0.25, 0.3) is 0 Å². The van der Waals surface area contributed by atoms with Gasteiger partial charge in [-0.3, -0.25) is 19.4 Å². The van der Waals surface area contributed by atoms with Crippen LogP contribution in [0.3, 0.4) is 0 Å². The van der Waals surface area contributed by atoms with E-state index in [0.29, 0.717) is 6.54 Å². The van der Waals surface area contributed by atoms with Crippen molar-refractivity contribution in [2.24, 2.45) is 0 Å². The number of aromatic nitrogens is 3. The second kappa shape index (κ2) is 9.13. The van der Waals surface area contributed by atoms with Crippen molar-refractivity contribution < 1.29 is 4.79 Å². The van der Waals surface area contributed by atoms with Gasteiger partial charge in [0.1, 0.15) is 6.54 Å². The van der Waals surface area contributed by atoms with E-state index in [9.17, 15) is 4.79 Å². The molecule has 0 bridgehead atoms. The summed E-state index contributed by atoms with van der Waals surface area (Å²) < 4.78 is 1.84. The van der Waals surface area contributed by atoms with Crippen LogP contribution in [0.25, 0.3) is 0 Å². The summed E-state index contributed by atoms with van der Waals surface area (Å²) in [6.07, 6.45) is 7.82. The van der Waals surface area contributed by atoms with Crippen LogP contribution >= 0.6 is 0 Å². The highest BCUT2D eigenvalue weighted by molar-refractivity contribution is 5.76. The van der Waals surface area contributed by atoms with E-state index in [1.165, 1.54) is 11.1 Å². The van der Waals surface area contributed by atoms with E-state index in [1.807, 2.05) is 37.0 Å². The molecular formula is C21H31N5O. The maximum Gasteiger partial charge on any atom is 0.241 e. The van der Waals surface area contributed by atoms with Gasteiger partial charge in [-0.2, -0.15) is 5.10 Å². The molecule has 0 saturated carbocycles. The maximum absolute atomic E-state index is 12.5. The van der Waals surface area contributed by atoms with E-state index in [0.717, 1.165) is 56.7 Å². The molecule has 0 unspecified atom stereocenters. The van der Waals surface area contributed by atoms with Crippen LogP contribution in [0.15, 0.2) is 24.5 Å². The number of pyridine rings is 1. The highest BCUT2D eigenvalue weighted by atomic mass is 16.2. The Labute approximate surface area is 162 Å². The van der Waals surface area contributed by atoms with Crippen molar-refractivity contribution in [3.63, 3.8) is 0 Å². The molecule has 0 radical (unpaired) electrons. The van der Waals surface area contributed by atoms with Crippen LogP contribution in [0.4, 0.5) is 0 Å². The van der Waals surface area contributed by atoms with Crippen molar-refractivity contribution in [1.29, 1.82) is 0 Å². The fourth-order valence-electron chi connectivity index (χ4n) is 4.02. The molecule has 0 spiro atoms. The number of aryl methyl sites for hydroxylation is 1. The van der Waals surface area contributed by atoms with Crippen molar-refractivity contribution in [2.45, 2.75) is 65.6 Å². The van der Waals surface area contributed by atoms with E-state index >= 15 is 0 Å². The summed E-state index contributed by atoms with van der Waals surface area (Å²) in [7, 11) is 0. The molecule has 3 rings (SSSR count). The number of rotatable bonds is 6. The third kappa shape index (κ3) is 5.16. The topological polar surface area (TPSA) is 63.1 Å². The van der Waals surface area contributed by atoms with Crippen molar-refractivity contribution in [1.82, 2.24) is 25.0 Å². The fourth-order valence-corrected chi connectivity index (χ4v) is 4.02. The molecule has 0 aliphatic carbocycles. The molecule has 0 aromatic carbocycles. The summed E-state index contributed by atoms with van der Waals surface area (Å²) in [6, 6.07) is 4.36. The van der Waals surface area contributed by atoms with E-state index in [4.69, 9.17) is 0 Å². The van der Waals surface area contributed by atoms with Crippen molar-refractivity contribution in [2.75, 3.05) is 13.1 Å². The normalized spacial score (nSPS) is 18.3. The summed E-state index contributed by atoms with van der Waals surface area (Å²) in [5, 5.41) is 7.76. The van der Waals surface area contributed by atoms with E-state index in [-0.39, 0.29) is 11.9 Å². The van der Waals surface area contributed by atoms with Gasteiger partial charge in [0.05, 0.1) is 5.69 Å². The second-order valence-electron chi connectivity index (χ2n) is 7.49. The standard InChI is InChI=1S/C21H31N5O/c1-4-20-16(2)24-26(17(20)3)15-21(27)23-19-8-6-11-25(12-9-19)14-18-7-5-10-22-13-18/h5,7,10,13,19H,4,6,8-9,11-12,14-15H2,1-3H3,(H,23,27)/t19-/m0/s1. The van der Waals surface area contributed by atoms with Gasteiger partial charge >= 0.3 is 0 Å². The average Bonchev–Trinajstić information content (AvgIpc) is 2.80. The van der Waals surface area contributed by atoms with Crippen molar-refractivity contribution >= 4 is 5.91 Å².